The molecular formula is C27H37N5. The van der Waals surface area contributed by atoms with Crippen LogP contribution >= 0.6 is 0 Å². The topological polar surface area (TPSA) is 36.8 Å². The first-order valence-corrected chi connectivity index (χ1v) is 11.9. The number of nitrogens with zero attached hydrogens (tertiary/aromatic N) is 5. The largest absolute Gasteiger partial charge is 0.369 e. The highest BCUT2D eigenvalue weighted by Crippen LogP contribution is 2.26. The predicted molar refractivity (Wildman–Crippen MR) is 133 cm³/mol. The van der Waals surface area contributed by atoms with Crippen LogP contribution in [0.4, 0.5) is 11.4 Å². The second-order valence-corrected chi connectivity index (χ2v) is 10.3. The molecule has 0 atom stereocenters. The van der Waals surface area contributed by atoms with Crippen molar-refractivity contribution in [2.45, 2.75) is 32.7 Å². The zero-order chi connectivity index (χ0) is 22.7. The lowest BCUT2D eigenvalue weighted by atomic mass is 9.87. The summed E-state index contributed by atoms with van der Waals surface area (Å²) < 4.78 is 0. The number of nitriles is 1. The third-order valence-electron chi connectivity index (χ3n) is 6.94. The van der Waals surface area contributed by atoms with Crippen molar-refractivity contribution in [2.75, 3.05) is 69.2 Å². The standard InChI is InChI=1S/C27H37N5/c1-27(2,3)24-6-9-25(10-7-24)31-17-13-30(14-18-31)21-23-19-26(8-5-22(23)20-28)32-15-11-29(4)12-16-32/h5-10,19H,11-18,21H2,1-4H3. The Balaban J connectivity index is 1.38. The molecule has 4 rings (SSSR count). The maximum Gasteiger partial charge on any atom is 0.0995 e. The van der Waals surface area contributed by atoms with Gasteiger partial charge >= 0.3 is 0 Å². The van der Waals surface area contributed by atoms with Crippen LogP contribution in [0.25, 0.3) is 0 Å². The number of hydrogen-bond donors (Lipinski definition) is 0. The molecule has 0 spiro atoms. The summed E-state index contributed by atoms with van der Waals surface area (Å²) in [6.45, 7) is 16.0. The highest BCUT2D eigenvalue weighted by atomic mass is 15.3. The molecule has 0 saturated carbocycles. The van der Waals surface area contributed by atoms with Crippen molar-refractivity contribution in [1.29, 1.82) is 5.26 Å². The third kappa shape index (κ3) is 5.26. The van der Waals surface area contributed by atoms with Gasteiger partial charge in [-0.3, -0.25) is 4.90 Å². The molecule has 2 aromatic rings. The van der Waals surface area contributed by atoms with Crippen molar-refractivity contribution in [3.05, 3.63) is 59.2 Å². The van der Waals surface area contributed by atoms with Crippen LogP contribution in [0.15, 0.2) is 42.5 Å². The van der Waals surface area contributed by atoms with E-state index in [0.29, 0.717) is 0 Å². The normalized spacial score (nSPS) is 18.6. The number of hydrogen-bond acceptors (Lipinski definition) is 5. The third-order valence-corrected chi connectivity index (χ3v) is 6.94. The second kappa shape index (κ2) is 9.52. The van der Waals surface area contributed by atoms with Crippen LogP contribution in [0.5, 0.6) is 0 Å². The Labute approximate surface area is 193 Å². The summed E-state index contributed by atoms with van der Waals surface area (Å²) in [5, 5.41) is 9.66. The van der Waals surface area contributed by atoms with Gasteiger partial charge in [0.1, 0.15) is 0 Å². The zero-order valence-electron chi connectivity index (χ0n) is 20.1. The minimum absolute atomic E-state index is 0.189. The zero-order valence-corrected chi connectivity index (χ0v) is 20.1. The molecule has 2 fully saturated rings. The minimum atomic E-state index is 0.189. The Morgan fingerprint density at radius 2 is 1.34 bits per heavy atom. The quantitative estimate of drug-likeness (QED) is 0.733. The molecule has 2 heterocycles. The summed E-state index contributed by atoms with van der Waals surface area (Å²) in [6.07, 6.45) is 0. The molecule has 0 radical (unpaired) electrons. The van der Waals surface area contributed by atoms with Gasteiger partial charge in [-0.05, 0) is 53.9 Å². The molecule has 170 valence electrons. The van der Waals surface area contributed by atoms with Gasteiger partial charge in [-0.15, -0.1) is 0 Å². The lowest BCUT2D eigenvalue weighted by Gasteiger charge is -2.37. The van der Waals surface area contributed by atoms with E-state index >= 15 is 0 Å². The van der Waals surface area contributed by atoms with Crippen molar-refractivity contribution >= 4 is 11.4 Å². The molecule has 2 aliphatic heterocycles. The number of piperazine rings is 2. The maximum atomic E-state index is 9.66. The van der Waals surface area contributed by atoms with Gasteiger partial charge in [-0.1, -0.05) is 32.9 Å². The average Bonchev–Trinajstić information content (AvgIpc) is 2.80. The monoisotopic (exact) mass is 431 g/mol. The fourth-order valence-corrected chi connectivity index (χ4v) is 4.66. The van der Waals surface area contributed by atoms with E-state index in [0.717, 1.165) is 70.0 Å². The lowest BCUT2D eigenvalue weighted by Crippen LogP contribution is -2.46. The first-order chi connectivity index (χ1) is 15.3. The van der Waals surface area contributed by atoms with Gasteiger partial charge in [0.05, 0.1) is 11.6 Å². The summed E-state index contributed by atoms with van der Waals surface area (Å²) in [4.78, 5) is 9.79. The molecule has 0 bridgehead atoms. The van der Waals surface area contributed by atoms with Crippen LogP contribution < -0.4 is 9.80 Å². The van der Waals surface area contributed by atoms with Crippen molar-refractivity contribution in [1.82, 2.24) is 9.80 Å². The summed E-state index contributed by atoms with van der Waals surface area (Å²) >= 11 is 0. The molecule has 0 unspecified atom stereocenters. The van der Waals surface area contributed by atoms with E-state index in [9.17, 15) is 5.26 Å². The van der Waals surface area contributed by atoms with Gasteiger partial charge in [-0.25, -0.2) is 0 Å². The first-order valence-electron chi connectivity index (χ1n) is 11.9. The van der Waals surface area contributed by atoms with Crippen LogP contribution in [0.3, 0.4) is 0 Å². The van der Waals surface area contributed by atoms with E-state index in [1.54, 1.807) is 0 Å². The van der Waals surface area contributed by atoms with Crippen molar-refractivity contribution < 1.29 is 0 Å². The highest BCUT2D eigenvalue weighted by Gasteiger charge is 2.21. The Hall–Kier alpha value is -2.55. The van der Waals surface area contributed by atoms with E-state index in [1.165, 1.54) is 16.9 Å². The smallest absolute Gasteiger partial charge is 0.0995 e. The van der Waals surface area contributed by atoms with E-state index in [-0.39, 0.29) is 5.41 Å². The lowest BCUT2D eigenvalue weighted by molar-refractivity contribution is 0.249. The van der Waals surface area contributed by atoms with Gasteiger partial charge in [0.25, 0.3) is 0 Å². The fourth-order valence-electron chi connectivity index (χ4n) is 4.66. The molecule has 32 heavy (non-hydrogen) atoms. The van der Waals surface area contributed by atoms with Crippen LogP contribution in [-0.2, 0) is 12.0 Å². The molecule has 2 aromatic carbocycles. The molecule has 5 nitrogen and oxygen atoms in total. The van der Waals surface area contributed by atoms with Gasteiger partial charge in [0, 0.05) is 70.3 Å². The molecule has 2 aliphatic rings. The van der Waals surface area contributed by atoms with Gasteiger partial charge < -0.3 is 14.7 Å². The van der Waals surface area contributed by atoms with Gasteiger partial charge in [0.15, 0.2) is 0 Å². The molecule has 0 N–H and O–H groups in total. The van der Waals surface area contributed by atoms with Crippen LogP contribution in [0.2, 0.25) is 0 Å². The summed E-state index contributed by atoms with van der Waals surface area (Å²) in [5.74, 6) is 0. The van der Waals surface area contributed by atoms with Crippen molar-refractivity contribution in [3.8, 4) is 6.07 Å². The van der Waals surface area contributed by atoms with Crippen LogP contribution in [0, 0.1) is 11.3 Å². The SMILES string of the molecule is CN1CCN(c2ccc(C#N)c(CN3CCN(c4ccc(C(C)(C)C)cc4)CC3)c2)CC1. The van der Waals surface area contributed by atoms with E-state index < -0.39 is 0 Å². The van der Waals surface area contributed by atoms with E-state index in [1.807, 2.05) is 6.07 Å². The number of likely N-dealkylation sites (N-methyl/N-ethyl adjacent to an activating group) is 1. The van der Waals surface area contributed by atoms with Crippen LogP contribution in [0.1, 0.15) is 37.5 Å². The van der Waals surface area contributed by atoms with E-state index in [4.69, 9.17) is 0 Å². The second-order valence-electron chi connectivity index (χ2n) is 10.3. The molecule has 5 heteroatoms. The Morgan fingerprint density at radius 1 is 0.781 bits per heavy atom. The Kier molecular flexibility index (Phi) is 6.74. The molecule has 2 saturated heterocycles. The highest BCUT2D eigenvalue weighted by molar-refractivity contribution is 5.54. The number of anilines is 2. The predicted octanol–water partition coefficient (Wildman–Crippen LogP) is 3.93. The molecule has 0 aromatic heterocycles. The van der Waals surface area contributed by atoms with Gasteiger partial charge in [-0.2, -0.15) is 5.26 Å². The number of rotatable bonds is 4. The fraction of sp³-hybridized carbons (Fsp3) is 0.519. The van der Waals surface area contributed by atoms with Crippen molar-refractivity contribution in [3.63, 3.8) is 0 Å². The first kappa shape index (κ1) is 22.6. The summed E-state index contributed by atoms with van der Waals surface area (Å²) in [6, 6.07) is 17.9. The van der Waals surface area contributed by atoms with E-state index in [2.05, 4.69) is 89.9 Å². The minimum Gasteiger partial charge on any atom is -0.369 e. The average molecular weight is 432 g/mol. The molecule has 0 aliphatic carbocycles. The van der Waals surface area contributed by atoms with Gasteiger partial charge in [0.2, 0.25) is 0 Å². The summed E-state index contributed by atoms with van der Waals surface area (Å²) in [5.41, 5.74) is 6.10. The maximum absolute atomic E-state index is 9.66. The van der Waals surface area contributed by atoms with Crippen molar-refractivity contribution in [2.24, 2.45) is 0 Å². The summed E-state index contributed by atoms with van der Waals surface area (Å²) in [7, 11) is 2.18. The number of benzene rings is 2. The molecular weight excluding hydrogens is 394 g/mol. The Morgan fingerprint density at radius 3 is 1.94 bits per heavy atom. The molecule has 0 amide bonds. The Bertz CT molecular complexity index is 937. The van der Waals surface area contributed by atoms with Crippen LogP contribution in [-0.4, -0.2) is 69.2 Å².